The van der Waals surface area contributed by atoms with E-state index in [9.17, 15) is 18.0 Å². The number of nitrogens with zero attached hydrogens (tertiary/aromatic N) is 3. The maximum Gasteiger partial charge on any atom is 0.299 e. The summed E-state index contributed by atoms with van der Waals surface area (Å²) in [4.78, 5) is 30.7. The zero-order chi connectivity index (χ0) is 23.7. The Morgan fingerprint density at radius 3 is 2.62 bits per heavy atom. The largest absolute Gasteiger partial charge is 0.492 e. The SMILES string of the molecule is O=C1C(=O)N(Cc2cccnc2)c2ccc(S(=O)(=O)N3CCC[C@H]3COc3ccccc3)cc21. The highest BCUT2D eigenvalue weighted by atomic mass is 32.2. The van der Waals surface area contributed by atoms with Crippen LogP contribution in [0, 0.1) is 0 Å². The van der Waals surface area contributed by atoms with Crippen molar-refractivity contribution in [2.45, 2.75) is 30.3 Å². The first kappa shape index (κ1) is 22.2. The molecule has 0 radical (unpaired) electrons. The van der Waals surface area contributed by atoms with E-state index in [2.05, 4.69) is 4.98 Å². The fourth-order valence-electron chi connectivity index (χ4n) is 4.41. The number of rotatable bonds is 7. The number of carbonyl (C=O) groups excluding carboxylic acids is 2. The van der Waals surface area contributed by atoms with Gasteiger partial charge in [0.2, 0.25) is 10.0 Å². The van der Waals surface area contributed by atoms with Crippen molar-refractivity contribution in [1.82, 2.24) is 9.29 Å². The van der Waals surface area contributed by atoms with Crippen LogP contribution in [-0.4, -0.2) is 48.6 Å². The Bertz CT molecular complexity index is 1330. The molecule has 0 spiro atoms. The normalized spacial score (nSPS) is 18.4. The Kier molecular flexibility index (Phi) is 5.89. The van der Waals surface area contributed by atoms with E-state index in [-0.39, 0.29) is 29.7 Å². The summed E-state index contributed by atoms with van der Waals surface area (Å²) in [6.45, 7) is 0.801. The molecule has 1 atom stereocenters. The van der Waals surface area contributed by atoms with Crippen LogP contribution in [0.25, 0.3) is 0 Å². The number of aromatic nitrogens is 1. The average molecular weight is 478 g/mol. The lowest BCUT2D eigenvalue weighted by Crippen LogP contribution is -2.39. The molecule has 34 heavy (non-hydrogen) atoms. The molecule has 2 aliphatic rings. The fraction of sp³-hybridized carbons (Fsp3) is 0.240. The Labute approximate surface area is 197 Å². The van der Waals surface area contributed by atoms with Crippen LogP contribution < -0.4 is 9.64 Å². The second-order valence-corrected chi connectivity index (χ2v) is 10.2. The number of pyridine rings is 1. The maximum atomic E-state index is 13.5. The van der Waals surface area contributed by atoms with Crippen molar-refractivity contribution in [3.05, 3.63) is 84.2 Å². The van der Waals surface area contributed by atoms with Crippen LogP contribution in [0.3, 0.4) is 0 Å². The third-order valence-corrected chi connectivity index (χ3v) is 8.07. The molecule has 3 aromatic rings. The monoisotopic (exact) mass is 477 g/mol. The van der Waals surface area contributed by atoms with Crippen molar-refractivity contribution < 1.29 is 22.7 Å². The second-order valence-electron chi connectivity index (χ2n) is 8.30. The van der Waals surface area contributed by atoms with Crippen LogP contribution >= 0.6 is 0 Å². The van der Waals surface area contributed by atoms with E-state index in [4.69, 9.17) is 4.74 Å². The Morgan fingerprint density at radius 2 is 1.85 bits per heavy atom. The number of benzene rings is 2. The Balaban J connectivity index is 1.38. The average Bonchev–Trinajstić information content (AvgIpc) is 3.44. The number of carbonyl (C=O) groups is 2. The van der Waals surface area contributed by atoms with Gasteiger partial charge in [0.25, 0.3) is 11.7 Å². The summed E-state index contributed by atoms with van der Waals surface area (Å²) < 4.78 is 34.2. The molecule has 1 aromatic heterocycles. The minimum absolute atomic E-state index is 0.00207. The number of anilines is 1. The second kappa shape index (κ2) is 9.00. The van der Waals surface area contributed by atoms with Crippen molar-refractivity contribution in [3.8, 4) is 5.75 Å². The highest BCUT2D eigenvalue weighted by Crippen LogP contribution is 2.34. The number of Topliss-reactive ketones (excluding diaryl/α,β-unsaturated/α-hetero) is 1. The van der Waals surface area contributed by atoms with Gasteiger partial charge in [0.05, 0.1) is 28.7 Å². The number of hydrogen-bond donors (Lipinski definition) is 0. The minimum Gasteiger partial charge on any atom is -0.492 e. The van der Waals surface area contributed by atoms with Crippen LogP contribution in [0.5, 0.6) is 5.75 Å². The van der Waals surface area contributed by atoms with Crippen molar-refractivity contribution in [3.63, 3.8) is 0 Å². The Hall–Kier alpha value is -3.56. The predicted molar refractivity (Wildman–Crippen MR) is 125 cm³/mol. The summed E-state index contributed by atoms with van der Waals surface area (Å²) >= 11 is 0. The molecule has 1 fully saturated rings. The Morgan fingerprint density at radius 1 is 1.03 bits per heavy atom. The van der Waals surface area contributed by atoms with Gasteiger partial charge in [0.15, 0.2) is 0 Å². The zero-order valence-corrected chi connectivity index (χ0v) is 19.1. The zero-order valence-electron chi connectivity index (χ0n) is 18.3. The molecule has 2 aliphatic heterocycles. The summed E-state index contributed by atoms with van der Waals surface area (Å²) in [5, 5.41) is 0. The predicted octanol–water partition coefficient (Wildman–Crippen LogP) is 3.04. The van der Waals surface area contributed by atoms with E-state index in [0.29, 0.717) is 24.4 Å². The summed E-state index contributed by atoms with van der Waals surface area (Å²) in [5.74, 6) is -0.702. The van der Waals surface area contributed by atoms with Gasteiger partial charge in [-0.2, -0.15) is 4.31 Å². The van der Waals surface area contributed by atoms with Crippen molar-refractivity contribution in [2.24, 2.45) is 0 Å². The summed E-state index contributed by atoms with van der Waals surface area (Å²) in [6.07, 6.45) is 4.66. The molecule has 2 aromatic carbocycles. The van der Waals surface area contributed by atoms with Gasteiger partial charge in [-0.05, 0) is 54.8 Å². The van der Waals surface area contributed by atoms with E-state index in [1.54, 1.807) is 18.5 Å². The molecule has 0 saturated carbocycles. The van der Waals surface area contributed by atoms with Gasteiger partial charge in [-0.3, -0.25) is 14.6 Å². The van der Waals surface area contributed by atoms with Gasteiger partial charge >= 0.3 is 0 Å². The lowest BCUT2D eigenvalue weighted by molar-refractivity contribution is -0.114. The number of hydrogen-bond acceptors (Lipinski definition) is 6. The molecule has 0 N–H and O–H groups in total. The van der Waals surface area contributed by atoms with Gasteiger partial charge in [-0.25, -0.2) is 8.42 Å². The van der Waals surface area contributed by atoms with Crippen molar-refractivity contribution >= 4 is 27.4 Å². The quantitative estimate of drug-likeness (QED) is 0.485. The number of fused-ring (bicyclic) bond motifs is 1. The van der Waals surface area contributed by atoms with Crippen LogP contribution in [0.1, 0.15) is 28.8 Å². The molecule has 3 heterocycles. The smallest absolute Gasteiger partial charge is 0.299 e. The van der Waals surface area contributed by atoms with Gasteiger partial charge < -0.3 is 9.64 Å². The fourth-order valence-corrected chi connectivity index (χ4v) is 6.11. The molecule has 174 valence electrons. The molecule has 8 nitrogen and oxygen atoms in total. The molecule has 1 amide bonds. The maximum absolute atomic E-state index is 13.5. The topological polar surface area (TPSA) is 96.9 Å². The lowest BCUT2D eigenvalue weighted by atomic mass is 10.1. The number of ketones is 1. The van der Waals surface area contributed by atoms with Gasteiger partial charge in [0, 0.05) is 18.9 Å². The van der Waals surface area contributed by atoms with E-state index >= 15 is 0 Å². The lowest BCUT2D eigenvalue weighted by Gasteiger charge is -2.24. The summed E-state index contributed by atoms with van der Waals surface area (Å²) in [7, 11) is -3.87. The summed E-state index contributed by atoms with van der Waals surface area (Å²) in [6, 6.07) is 16.8. The van der Waals surface area contributed by atoms with Crippen LogP contribution in [0.4, 0.5) is 5.69 Å². The van der Waals surface area contributed by atoms with E-state index in [1.165, 1.54) is 27.4 Å². The van der Waals surface area contributed by atoms with Crippen LogP contribution in [0.15, 0.2) is 78.0 Å². The molecule has 5 rings (SSSR count). The first-order valence-electron chi connectivity index (χ1n) is 11.0. The van der Waals surface area contributed by atoms with Gasteiger partial charge in [0.1, 0.15) is 12.4 Å². The summed E-state index contributed by atoms with van der Waals surface area (Å²) in [5.41, 5.74) is 1.28. The number of ether oxygens (including phenoxy) is 1. The molecule has 1 saturated heterocycles. The van der Waals surface area contributed by atoms with E-state index in [0.717, 1.165) is 12.0 Å². The number of amides is 1. The number of para-hydroxylation sites is 1. The standard InChI is InChI=1S/C25H23N3O5S/c29-24-22-14-21(10-11-23(22)27(25(24)30)16-18-6-4-12-26-15-18)34(31,32)28-13-5-7-19(28)17-33-20-8-2-1-3-9-20/h1-4,6,8-12,14-15,19H,5,7,13,16-17H2/t19-/m0/s1. The molecule has 0 bridgehead atoms. The van der Waals surface area contributed by atoms with Gasteiger partial charge in [-0.1, -0.05) is 24.3 Å². The van der Waals surface area contributed by atoms with E-state index < -0.39 is 21.7 Å². The van der Waals surface area contributed by atoms with E-state index in [1.807, 2.05) is 36.4 Å². The number of sulfonamides is 1. The third kappa shape index (κ3) is 4.08. The third-order valence-electron chi connectivity index (χ3n) is 6.12. The van der Waals surface area contributed by atoms with Crippen LogP contribution in [0.2, 0.25) is 0 Å². The highest BCUT2D eigenvalue weighted by Gasteiger charge is 2.40. The molecule has 0 aliphatic carbocycles. The van der Waals surface area contributed by atoms with Crippen LogP contribution in [-0.2, 0) is 21.4 Å². The first-order valence-corrected chi connectivity index (χ1v) is 12.5. The molecule has 9 heteroatoms. The highest BCUT2D eigenvalue weighted by molar-refractivity contribution is 7.89. The first-order chi connectivity index (χ1) is 16.4. The van der Waals surface area contributed by atoms with Gasteiger partial charge in [-0.15, -0.1) is 0 Å². The molecular formula is C25H23N3O5S. The van der Waals surface area contributed by atoms with Crippen molar-refractivity contribution in [2.75, 3.05) is 18.1 Å². The molecule has 0 unspecified atom stereocenters. The van der Waals surface area contributed by atoms with Crippen molar-refractivity contribution in [1.29, 1.82) is 0 Å². The molecular weight excluding hydrogens is 454 g/mol. The minimum atomic E-state index is -3.87.